The predicted molar refractivity (Wildman–Crippen MR) is 37.7 cm³/mol. The standard InChI is InChI=1S/C6H11ClO3/c1-2-3-6(8)10-5-9-4-7/h2-5H2,1H3. The van der Waals surface area contributed by atoms with Gasteiger partial charge in [-0.15, -0.1) is 0 Å². The summed E-state index contributed by atoms with van der Waals surface area (Å²) < 4.78 is 9.15. The van der Waals surface area contributed by atoms with E-state index in [9.17, 15) is 4.79 Å². The van der Waals surface area contributed by atoms with E-state index in [4.69, 9.17) is 11.6 Å². The van der Waals surface area contributed by atoms with Gasteiger partial charge < -0.3 is 9.47 Å². The molecule has 0 aromatic carbocycles. The summed E-state index contributed by atoms with van der Waals surface area (Å²) >= 11 is 5.15. The van der Waals surface area contributed by atoms with Gasteiger partial charge in [-0.2, -0.15) is 0 Å². The van der Waals surface area contributed by atoms with Gasteiger partial charge in [-0.25, -0.2) is 0 Å². The smallest absolute Gasteiger partial charge is 0.307 e. The van der Waals surface area contributed by atoms with E-state index in [2.05, 4.69) is 9.47 Å². The molecule has 0 aliphatic rings. The number of halogens is 1. The molecule has 0 heterocycles. The lowest BCUT2D eigenvalue weighted by molar-refractivity contribution is -0.154. The fourth-order valence-electron chi connectivity index (χ4n) is 0.415. The van der Waals surface area contributed by atoms with E-state index in [1.807, 2.05) is 6.92 Å². The second-order valence-electron chi connectivity index (χ2n) is 1.70. The molecule has 0 saturated heterocycles. The van der Waals surface area contributed by atoms with Crippen LogP contribution >= 0.6 is 11.6 Å². The number of hydrogen-bond acceptors (Lipinski definition) is 3. The number of carbonyl (C=O) groups is 1. The number of alkyl halides is 1. The molecule has 0 atom stereocenters. The topological polar surface area (TPSA) is 35.5 Å². The Kier molecular flexibility index (Phi) is 6.64. The Balaban J connectivity index is 3.05. The monoisotopic (exact) mass is 166 g/mol. The molecule has 0 aliphatic heterocycles. The van der Waals surface area contributed by atoms with E-state index in [0.29, 0.717) is 6.42 Å². The minimum atomic E-state index is -0.243. The van der Waals surface area contributed by atoms with Crippen molar-refractivity contribution in [1.82, 2.24) is 0 Å². The largest absolute Gasteiger partial charge is 0.438 e. The molecule has 10 heavy (non-hydrogen) atoms. The summed E-state index contributed by atoms with van der Waals surface area (Å²) in [6.45, 7) is 1.87. The summed E-state index contributed by atoms with van der Waals surface area (Å²) in [6, 6.07) is 0.0550. The Labute approximate surface area is 65.3 Å². The molecule has 0 aromatic rings. The quantitative estimate of drug-likeness (QED) is 0.269. The zero-order valence-electron chi connectivity index (χ0n) is 5.93. The van der Waals surface area contributed by atoms with Crippen LogP contribution in [0.25, 0.3) is 0 Å². The lowest BCUT2D eigenvalue weighted by Crippen LogP contribution is -2.06. The molecule has 3 nitrogen and oxygen atoms in total. The predicted octanol–water partition coefficient (Wildman–Crippen LogP) is 1.50. The number of hydrogen-bond donors (Lipinski definition) is 0. The van der Waals surface area contributed by atoms with Crippen LogP contribution in [0.4, 0.5) is 0 Å². The molecule has 0 saturated carbocycles. The van der Waals surface area contributed by atoms with Crippen LogP contribution in [0.15, 0.2) is 0 Å². The van der Waals surface area contributed by atoms with Crippen LogP contribution in [0.3, 0.4) is 0 Å². The van der Waals surface area contributed by atoms with Gasteiger partial charge in [-0.05, 0) is 6.42 Å². The van der Waals surface area contributed by atoms with Gasteiger partial charge >= 0.3 is 5.97 Å². The molecular formula is C6H11ClO3. The molecule has 0 fully saturated rings. The Morgan fingerprint density at radius 3 is 2.80 bits per heavy atom. The molecule has 60 valence electrons. The lowest BCUT2D eigenvalue weighted by atomic mass is 10.3. The zero-order chi connectivity index (χ0) is 7.82. The molecule has 0 unspecified atom stereocenters. The minimum Gasteiger partial charge on any atom is -0.438 e. The van der Waals surface area contributed by atoms with Gasteiger partial charge in [0, 0.05) is 6.42 Å². The number of rotatable bonds is 5. The van der Waals surface area contributed by atoms with Crippen LogP contribution in [0.1, 0.15) is 19.8 Å². The molecular weight excluding hydrogens is 156 g/mol. The van der Waals surface area contributed by atoms with Gasteiger partial charge in [0.25, 0.3) is 0 Å². The average Bonchev–Trinajstić information content (AvgIpc) is 1.89. The molecule has 0 aromatic heterocycles. The van der Waals surface area contributed by atoms with Crippen molar-refractivity contribution >= 4 is 17.6 Å². The molecule has 0 aliphatic carbocycles. The van der Waals surface area contributed by atoms with Crippen LogP contribution in [-0.4, -0.2) is 18.8 Å². The van der Waals surface area contributed by atoms with Crippen LogP contribution in [0.5, 0.6) is 0 Å². The van der Waals surface area contributed by atoms with Crippen molar-refractivity contribution in [3.05, 3.63) is 0 Å². The lowest BCUT2D eigenvalue weighted by Gasteiger charge is -2.01. The molecule has 0 bridgehead atoms. The molecule has 0 amide bonds. The summed E-state index contributed by atoms with van der Waals surface area (Å²) in [5.74, 6) is -0.243. The van der Waals surface area contributed by atoms with E-state index < -0.39 is 0 Å². The van der Waals surface area contributed by atoms with Crippen LogP contribution in [0, 0.1) is 0 Å². The SMILES string of the molecule is CCCC(=O)OCOCCl. The maximum atomic E-state index is 10.6. The molecule has 0 radical (unpaired) electrons. The highest BCUT2D eigenvalue weighted by molar-refractivity contribution is 6.17. The Morgan fingerprint density at radius 2 is 2.30 bits per heavy atom. The third-order valence-corrected chi connectivity index (χ3v) is 0.989. The molecule has 0 spiro atoms. The van der Waals surface area contributed by atoms with Gasteiger partial charge in [0.1, 0.15) is 6.07 Å². The van der Waals surface area contributed by atoms with Crippen LogP contribution < -0.4 is 0 Å². The fourth-order valence-corrected chi connectivity index (χ4v) is 0.478. The van der Waals surface area contributed by atoms with Gasteiger partial charge in [0.2, 0.25) is 0 Å². The maximum Gasteiger partial charge on any atom is 0.307 e. The van der Waals surface area contributed by atoms with E-state index in [1.165, 1.54) is 0 Å². The summed E-state index contributed by atoms with van der Waals surface area (Å²) in [5, 5.41) is 0. The first-order valence-corrected chi connectivity index (χ1v) is 3.64. The summed E-state index contributed by atoms with van der Waals surface area (Å²) in [6.07, 6.45) is 1.23. The first kappa shape index (κ1) is 9.72. The first-order chi connectivity index (χ1) is 4.81. The normalized spacial score (nSPS) is 9.40. The average molecular weight is 167 g/mol. The summed E-state index contributed by atoms with van der Waals surface area (Å²) in [4.78, 5) is 10.6. The number of esters is 1. The highest BCUT2D eigenvalue weighted by atomic mass is 35.5. The number of ether oxygens (including phenoxy) is 2. The van der Waals surface area contributed by atoms with Crippen molar-refractivity contribution in [1.29, 1.82) is 0 Å². The highest BCUT2D eigenvalue weighted by Gasteiger charge is 1.98. The first-order valence-electron chi connectivity index (χ1n) is 3.10. The van der Waals surface area contributed by atoms with Gasteiger partial charge in [0.15, 0.2) is 6.79 Å². The van der Waals surface area contributed by atoms with Crippen molar-refractivity contribution in [3.63, 3.8) is 0 Å². The third kappa shape index (κ3) is 5.85. The Bertz CT molecular complexity index is 95.0. The third-order valence-electron chi connectivity index (χ3n) is 0.835. The van der Waals surface area contributed by atoms with Crippen LogP contribution in [-0.2, 0) is 14.3 Å². The van der Waals surface area contributed by atoms with Crippen molar-refractivity contribution in [2.75, 3.05) is 12.9 Å². The molecule has 0 N–H and O–H groups in total. The summed E-state index contributed by atoms with van der Waals surface area (Å²) in [7, 11) is 0. The van der Waals surface area contributed by atoms with Crippen LogP contribution in [0.2, 0.25) is 0 Å². The second-order valence-corrected chi connectivity index (χ2v) is 1.92. The molecule has 0 rings (SSSR count). The second kappa shape index (κ2) is 6.83. The minimum absolute atomic E-state index is 0.0394. The maximum absolute atomic E-state index is 10.6. The van der Waals surface area contributed by atoms with E-state index in [0.717, 1.165) is 6.42 Å². The number of carbonyl (C=O) groups excluding carboxylic acids is 1. The van der Waals surface area contributed by atoms with Crippen molar-refractivity contribution in [2.45, 2.75) is 19.8 Å². The van der Waals surface area contributed by atoms with Crippen molar-refractivity contribution in [2.24, 2.45) is 0 Å². The molecule has 4 heteroatoms. The van der Waals surface area contributed by atoms with Gasteiger partial charge in [-0.3, -0.25) is 4.79 Å². The fraction of sp³-hybridized carbons (Fsp3) is 0.833. The zero-order valence-corrected chi connectivity index (χ0v) is 6.69. The highest BCUT2D eigenvalue weighted by Crippen LogP contribution is 1.91. The van der Waals surface area contributed by atoms with E-state index >= 15 is 0 Å². The summed E-state index contributed by atoms with van der Waals surface area (Å²) in [5.41, 5.74) is 0. The Hall–Kier alpha value is -0.280. The van der Waals surface area contributed by atoms with Gasteiger partial charge in [0.05, 0.1) is 0 Å². The van der Waals surface area contributed by atoms with Crippen molar-refractivity contribution < 1.29 is 14.3 Å². The van der Waals surface area contributed by atoms with Gasteiger partial charge in [-0.1, -0.05) is 18.5 Å². The van der Waals surface area contributed by atoms with Crippen molar-refractivity contribution in [3.8, 4) is 0 Å². The van der Waals surface area contributed by atoms with E-state index in [-0.39, 0.29) is 18.8 Å². The van der Waals surface area contributed by atoms with E-state index in [1.54, 1.807) is 0 Å². The Morgan fingerprint density at radius 1 is 1.60 bits per heavy atom.